The van der Waals surface area contributed by atoms with Crippen LogP contribution in [0.25, 0.3) is 0 Å². The van der Waals surface area contributed by atoms with Crippen LogP contribution in [0.2, 0.25) is 0 Å². The molecule has 0 aliphatic carbocycles. The fourth-order valence-corrected chi connectivity index (χ4v) is 2.27. The lowest BCUT2D eigenvalue weighted by atomic mass is 10.2. The predicted molar refractivity (Wildman–Crippen MR) is 91.9 cm³/mol. The summed E-state index contributed by atoms with van der Waals surface area (Å²) in [4.78, 5) is 25.2. The zero-order valence-corrected chi connectivity index (χ0v) is 13.8. The molecule has 0 unspecified atom stereocenters. The van der Waals surface area contributed by atoms with E-state index in [1.807, 2.05) is 6.07 Å². The molecule has 5 nitrogen and oxygen atoms in total. The first-order valence-electron chi connectivity index (χ1n) is 7.78. The predicted octanol–water partition coefficient (Wildman–Crippen LogP) is 3.07. The summed E-state index contributed by atoms with van der Waals surface area (Å²) in [6, 6.07) is 14.7. The van der Waals surface area contributed by atoms with Crippen molar-refractivity contribution in [2.75, 3.05) is 11.9 Å². The van der Waals surface area contributed by atoms with Crippen molar-refractivity contribution in [3.05, 3.63) is 65.5 Å². The van der Waals surface area contributed by atoms with Crippen LogP contribution in [0.15, 0.2) is 48.5 Å². The molecule has 0 heterocycles. The molecule has 0 saturated heterocycles. The summed E-state index contributed by atoms with van der Waals surface area (Å²) in [6.45, 7) is 1.69. The Kier molecular flexibility index (Phi) is 6.24. The summed E-state index contributed by atoms with van der Waals surface area (Å²) >= 11 is 0. The van der Waals surface area contributed by atoms with E-state index in [1.54, 1.807) is 42.5 Å². The smallest absolute Gasteiger partial charge is 0.226 e. The number of nitrogens with zero attached hydrogens (tertiary/aromatic N) is 2. The van der Waals surface area contributed by atoms with E-state index >= 15 is 0 Å². The number of rotatable bonds is 6. The largest absolute Gasteiger partial charge is 0.338 e. The highest BCUT2D eigenvalue weighted by Crippen LogP contribution is 2.12. The first-order valence-corrected chi connectivity index (χ1v) is 7.78. The summed E-state index contributed by atoms with van der Waals surface area (Å²) in [5.41, 5.74) is 1.49. The van der Waals surface area contributed by atoms with Crippen molar-refractivity contribution in [2.45, 2.75) is 19.9 Å². The zero-order chi connectivity index (χ0) is 18.2. The minimum absolute atomic E-state index is 0.0913. The Hall–Kier alpha value is -3.20. The van der Waals surface area contributed by atoms with Gasteiger partial charge in [0, 0.05) is 37.7 Å². The number of carbonyl (C=O) groups is 2. The zero-order valence-electron chi connectivity index (χ0n) is 13.8. The Bertz CT molecular complexity index is 797. The van der Waals surface area contributed by atoms with Gasteiger partial charge in [0.2, 0.25) is 11.8 Å². The Balaban J connectivity index is 1.91. The molecule has 0 saturated carbocycles. The number of amides is 2. The molecule has 128 valence electrons. The highest BCUT2D eigenvalue weighted by atomic mass is 19.1. The molecule has 2 rings (SSSR count). The van der Waals surface area contributed by atoms with E-state index in [4.69, 9.17) is 5.26 Å². The average molecular weight is 339 g/mol. The number of hydrogen-bond acceptors (Lipinski definition) is 3. The van der Waals surface area contributed by atoms with E-state index in [9.17, 15) is 14.0 Å². The SMILES string of the molecule is CC(=O)N(CCC(=O)Nc1ccc(C#N)cc1)Cc1ccccc1F. The topological polar surface area (TPSA) is 73.2 Å². The second-order valence-corrected chi connectivity index (χ2v) is 5.52. The molecule has 2 aromatic rings. The van der Waals surface area contributed by atoms with Crippen LogP contribution in [0.1, 0.15) is 24.5 Å². The number of benzene rings is 2. The molecular weight excluding hydrogens is 321 g/mol. The number of nitrogens with one attached hydrogen (secondary N) is 1. The Morgan fingerprint density at radius 1 is 1.16 bits per heavy atom. The van der Waals surface area contributed by atoms with Gasteiger partial charge in [0.05, 0.1) is 11.6 Å². The van der Waals surface area contributed by atoms with Crippen molar-refractivity contribution in [1.82, 2.24) is 4.90 Å². The van der Waals surface area contributed by atoms with Gasteiger partial charge in [0.25, 0.3) is 0 Å². The fraction of sp³-hybridized carbons (Fsp3) is 0.211. The molecule has 2 amide bonds. The Labute approximate surface area is 145 Å². The Morgan fingerprint density at radius 2 is 1.84 bits per heavy atom. The van der Waals surface area contributed by atoms with E-state index < -0.39 is 0 Å². The quantitative estimate of drug-likeness (QED) is 0.879. The molecule has 25 heavy (non-hydrogen) atoms. The third-order valence-electron chi connectivity index (χ3n) is 3.67. The van der Waals surface area contributed by atoms with Gasteiger partial charge in [-0.25, -0.2) is 4.39 Å². The highest BCUT2D eigenvalue weighted by Gasteiger charge is 2.14. The normalized spacial score (nSPS) is 9.96. The van der Waals surface area contributed by atoms with E-state index in [0.717, 1.165) is 0 Å². The number of halogens is 1. The van der Waals surface area contributed by atoms with Gasteiger partial charge in [-0.1, -0.05) is 18.2 Å². The number of hydrogen-bond donors (Lipinski definition) is 1. The summed E-state index contributed by atoms with van der Waals surface area (Å²) in [5, 5.41) is 11.4. The first-order chi connectivity index (χ1) is 12.0. The number of carbonyl (C=O) groups excluding carboxylic acids is 2. The number of nitriles is 1. The maximum absolute atomic E-state index is 13.7. The summed E-state index contributed by atoms with van der Waals surface area (Å²) in [5.74, 6) is -0.866. The fourth-order valence-electron chi connectivity index (χ4n) is 2.27. The van der Waals surface area contributed by atoms with Crippen LogP contribution >= 0.6 is 0 Å². The minimum atomic E-state index is -0.379. The third-order valence-corrected chi connectivity index (χ3v) is 3.67. The molecule has 0 aliphatic heterocycles. The summed E-state index contributed by atoms with van der Waals surface area (Å²) in [6.07, 6.45) is 0.0913. The molecule has 6 heteroatoms. The van der Waals surface area contributed by atoms with Gasteiger partial charge in [0.15, 0.2) is 0 Å². The van der Waals surface area contributed by atoms with Crippen LogP contribution in [0.3, 0.4) is 0 Å². The van der Waals surface area contributed by atoms with E-state index in [2.05, 4.69) is 5.32 Å². The average Bonchev–Trinajstić information content (AvgIpc) is 2.60. The van der Waals surface area contributed by atoms with Gasteiger partial charge >= 0.3 is 0 Å². The lowest BCUT2D eigenvalue weighted by molar-refractivity contribution is -0.130. The van der Waals surface area contributed by atoms with Crippen LogP contribution < -0.4 is 5.32 Å². The van der Waals surface area contributed by atoms with E-state index in [1.165, 1.54) is 17.9 Å². The van der Waals surface area contributed by atoms with Crippen LogP contribution in [-0.4, -0.2) is 23.3 Å². The van der Waals surface area contributed by atoms with Crippen LogP contribution in [0.4, 0.5) is 10.1 Å². The third kappa shape index (κ3) is 5.43. The second kappa shape index (κ2) is 8.60. The maximum Gasteiger partial charge on any atom is 0.226 e. The minimum Gasteiger partial charge on any atom is -0.338 e. The van der Waals surface area contributed by atoms with Crippen molar-refractivity contribution in [1.29, 1.82) is 5.26 Å². The molecule has 0 fully saturated rings. The molecule has 0 atom stereocenters. The standard InChI is InChI=1S/C19H18FN3O2/c1-14(24)23(13-16-4-2-3-5-18(16)20)11-10-19(25)22-17-8-6-15(12-21)7-9-17/h2-9H,10-11,13H2,1H3,(H,22,25). The number of anilines is 1. The molecule has 2 aromatic carbocycles. The maximum atomic E-state index is 13.7. The van der Waals surface area contributed by atoms with Crippen molar-refractivity contribution in [3.8, 4) is 6.07 Å². The second-order valence-electron chi connectivity index (χ2n) is 5.52. The van der Waals surface area contributed by atoms with Crippen LogP contribution in [-0.2, 0) is 16.1 Å². The van der Waals surface area contributed by atoms with Crippen molar-refractivity contribution in [3.63, 3.8) is 0 Å². The van der Waals surface area contributed by atoms with E-state index in [-0.39, 0.29) is 37.1 Å². The van der Waals surface area contributed by atoms with Crippen molar-refractivity contribution < 1.29 is 14.0 Å². The van der Waals surface area contributed by atoms with Crippen molar-refractivity contribution in [2.24, 2.45) is 0 Å². The summed E-state index contributed by atoms with van der Waals surface area (Å²) in [7, 11) is 0. The first kappa shape index (κ1) is 18.1. The Morgan fingerprint density at radius 3 is 2.44 bits per heavy atom. The molecule has 0 bridgehead atoms. The van der Waals surface area contributed by atoms with Crippen LogP contribution in [0.5, 0.6) is 0 Å². The van der Waals surface area contributed by atoms with Gasteiger partial charge < -0.3 is 10.2 Å². The van der Waals surface area contributed by atoms with Gasteiger partial charge in [-0.2, -0.15) is 5.26 Å². The molecule has 1 N–H and O–H groups in total. The van der Waals surface area contributed by atoms with Gasteiger partial charge in [-0.3, -0.25) is 9.59 Å². The van der Waals surface area contributed by atoms with Gasteiger partial charge in [-0.05, 0) is 30.3 Å². The van der Waals surface area contributed by atoms with E-state index in [0.29, 0.717) is 16.8 Å². The monoisotopic (exact) mass is 339 g/mol. The molecule has 0 spiro atoms. The van der Waals surface area contributed by atoms with Gasteiger partial charge in [0.1, 0.15) is 5.82 Å². The molecule has 0 radical (unpaired) electrons. The molecular formula is C19H18FN3O2. The molecule has 0 aliphatic rings. The lowest BCUT2D eigenvalue weighted by Gasteiger charge is -2.21. The van der Waals surface area contributed by atoms with Crippen LogP contribution in [0, 0.1) is 17.1 Å². The molecule has 0 aromatic heterocycles. The highest BCUT2D eigenvalue weighted by molar-refractivity contribution is 5.91. The summed E-state index contributed by atoms with van der Waals surface area (Å²) < 4.78 is 13.7. The van der Waals surface area contributed by atoms with Crippen molar-refractivity contribution >= 4 is 17.5 Å². The lowest BCUT2D eigenvalue weighted by Crippen LogP contribution is -2.31. The van der Waals surface area contributed by atoms with Gasteiger partial charge in [-0.15, -0.1) is 0 Å².